The highest BCUT2D eigenvalue weighted by molar-refractivity contribution is 8.15. The molecule has 3 aromatic carbocycles. The SMILES string of the molecule is Cc1ccc(C(C)C)c(N2C(=O)CSC2=NC(=S)NC(C)C#Cc2ccc(-c3ncn(-c4ccc(OC(F)(F)F)cc4)n3)cc2)c1. The number of nitrogens with one attached hydrogen (secondary N) is 1. The minimum absolute atomic E-state index is 0.0362. The molecule has 4 aromatic rings. The molecule has 1 aliphatic heterocycles. The van der Waals surface area contributed by atoms with Crippen molar-refractivity contribution >= 4 is 45.9 Å². The molecule has 1 aromatic heterocycles. The zero-order chi connectivity index (χ0) is 33.0. The van der Waals surface area contributed by atoms with Crippen LogP contribution >= 0.6 is 24.0 Å². The van der Waals surface area contributed by atoms with Crippen LogP contribution in [0.5, 0.6) is 5.75 Å². The molecule has 1 N–H and O–H groups in total. The number of anilines is 1. The standard InChI is InChI=1S/C33H29F3N6O2S2/c1-20(2)27-16-5-21(3)17-28(27)42-29(43)18-46-32(42)39-31(45)38-22(4)6-7-23-8-10-24(11-9-23)30-37-19-41(40-30)25-12-14-26(15-13-25)44-33(34,35)36/h5,8-17,19-20,22H,18H2,1-4H3,(H,38,45). The van der Waals surface area contributed by atoms with Gasteiger partial charge >= 0.3 is 6.36 Å². The first kappa shape index (κ1) is 32.7. The number of thiocarbonyl (C=S) groups is 1. The molecule has 1 saturated heterocycles. The first-order valence-corrected chi connectivity index (χ1v) is 15.6. The number of hydrogen-bond donors (Lipinski definition) is 1. The van der Waals surface area contributed by atoms with Gasteiger partial charge in [-0.1, -0.05) is 49.6 Å². The highest BCUT2D eigenvalue weighted by atomic mass is 32.2. The van der Waals surface area contributed by atoms with E-state index in [0.717, 1.165) is 27.9 Å². The highest BCUT2D eigenvalue weighted by Crippen LogP contribution is 2.34. The van der Waals surface area contributed by atoms with Crippen LogP contribution in [0.1, 0.15) is 43.4 Å². The first-order chi connectivity index (χ1) is 21.9. The Hall–Kier alpha value is -4.67. The molecule has 0 bridgehead atoms. The number of thioether (sulfide) groups is 1. The third-order valence-electron chi connectivity index (χ3n) is 6.75. The zero-order valence-corrected chi connectivity index (χ0v) is 26.9. The van der Waals surface area contributed by atoms with Crippen molar-refractivity contribution in [2.45, 2.75) is 46.0 Å². The molecule has 236 valence electrons. The summed E-state index contributed by atoms with van der Waals surface area (Å²) in [6, 6.07) is 18.5. The van der Waals surface area contributed by atoms with E-state index in [2.05, 4.69) is 56.9 Å². The third kappa shape index (κ3) is 8.13. The zero-order valence-electron chi connectivity index (χ0n) is 25.3. The summed E-state index contributed by atoms with van der Waals surface area (Å²) in [6.07, 6.45) is -3.28. The van der Waals surface area contributed by atoms with Crippen LogP contribution in [0.4, 0.5) is 18.9 Å². The Morgan fingerprint density at radius 2 is 1.80 bits per heavy atom. The first-order valence-electron chi connectivity index (χ1n) is 14.2. The van der Waals surface area contributed by atoms with Crippen LogP contribution in [0, 0.1) is 18.8 Å². The monoisotopic (exact) mass is 662 g/mol. The van der Waals surface area contributed by atoms with E-state index < -0.39 is 6.36 Å². The summed E-state index contributed by atoms with van der Waals surface area (Å²) in [5.74, 6) is 6.85. The molecule has 1 fully saturated rings. The molecule has 2 heterocycles. The van der Waals surface area contributed by atoms with Crippen LogP contribution in [0.3, 0.4) is 0 Å². The van der Waals surface area contributed by atoms with Gasteiger partial charge in [0.25, 0.3) is 0 Å². The fraction of sp³-hybridized carbons (Fsp3) is 0.242. The van der Waals surface area contributed by atoms with Crippen molar-refractivity contribution in [3.8, 4) is 34.7 Å². The fourth-order valence-corrected chi connectivity index (χ4v) is 5.76. The van der Waals surface area contributed by atoms with Crippen LogP contribution in [-0.2, 0) is 4.79 Å². The third-order valence-corrected chi connectivity index (χ3v) is 7.89. The number of aryl methyl sites for hydroxylation is 1. The van der Waals surface area contributed by atoms with E-state index in [1.54, 1.807) is 4.90 Å². The van der Waals surface area contributed by atoms with Gasteiger partial charge in [-0.3, -0.25) is 9.69 Å². The van der Waals surface area contributed by atoms with Crippen molar-refractivity contribution in [3.05, 3.63) is 89.7 Å². The number of carbonyl (C=O) groups is 1. The molecule has 1 unspecified atom stereocenters. The number of ether oxygens (including phenoxy) is 1. The number of amides is 1. The molecule has 8 nitrogen and oxygen atoms in total. The number of hydrogen-bond acceptors (Lipinski definition) is 6. The normalized spacial score (nSPS) is 14.7. The molecular weight excluding hydrogens is 634 g/mol. The number of nitrogens with zero attached hydrogens (tertiary/aromatic N) is 5. The Balaban J connectivity index is 1.21. The lowest BCUT2D eigenvalue weighted by molar-refractivity contribution is -0.274. The molecule has 0 radical (unpaired) electrons. The number of aromatic nitrogens is 3. The van der Waals surface area contributed by atoms with Crippen molar-refractivity contribution in [2.75, 3.05) is 10.7 Å². The molecule has 0 spiro atoms. The second-order valence-electron chi connectivity index (χ2n) is 10.7. The van der Waals surface area contributed by atoms with Crippen molar-refractivity contribution in [1.29, 1.82) is 0 Å². The topological polar surface area (TPSA) is 84.6 Å². The number of alkyl halides is 3. The van der Waals surface area contributed by atoms with Gasteiger partial charge in [-0.05, 0) is 97.7 Å². The van der Waals surface area contributed by atoms with E-state index in [4.69, 9.17) is 12.2 Å². The fourth-order valence-electron chi connectivity index (χ4n) is 4.57. The molecule has 1 aliphatic rings. The summed E-state index contributed by atoms with van der Waals surface area (Å²) in [4.78, 5) is 23.4. The van der Waals surface area contributed by atoms with Gasteiger partial charge < -0.3 is 10.1 Å². The number of aliphatic imine (C=N–C) groups is 1. The summed E-state index contributed by atoms with van der Waals surface area (Å²) < 4.78 is 42.6. The van der Waals surface area contributed by atoms with Gasteiger partial charge in [0.2, 0.25) is 5.91 Å². The smallest absolute Gasteiger partial charge is 0.406 e. The van der Waals surface area contributed by atoms with Crippen LogP contribution in [0.25, 0.3) is 17.1 Å². The minimum Gasteiger partial charge on any atom is -0.406 e. The summed E-state index contributed by atoms with van der Waals surface area (Å²) in [6.45, 7) is 8.05. The summed E-state index contributed by atoms with van der Waals surface area (Å²) in [5.41, 5.74) is 4.99. The van der Waals surface area contributed by atoms with E-state index in [0.29, 0.717) is 22.4 Å². The van der Waals surface area contributed by atoms with Crippen LogP contribution in [-0.4, -0.2) is 49.1 Å². The van der Waals surface area contributed by atoms with Crippen LogP contribution < -0.4 is 15.0 Å². The number of carbonyl (C=O) groups excluding carboxylic acids is 1. The average Bonchev–Trinajstić information content (AvgIpc) is 3.63. The van der Waals surface area contributed by atoms with E-state index in [1.165, 1.54) is 47.0 Å². The lowest BCUT2D eigenvalue weighted by Crippen LogP contribution is -2.34. The van der Waals surface area contributed by atoms with Crippen molar-refractivity contribution < 1.29 is 22.7 Å². The van der Waals surface area contributed by atoms with Gasteiger partial charge in [-0.2, -0.15) is 4.99 Å². The molecule has 13 heteroatoms. The quantitative estimate of drug-likeness (QED) is 0.176. The molecule has 1 atom stereocenters. The van der Waals surface area contributed by atoms with E-state index in [9.17, 15) is 18.0 Å². The largest absolute Gasteiger partial charge is 0.573 e. The summed E-state index contributed by atoms with van der Waals surface area (Å²) in [7, 11) is 0. The molecule has 5 rings (SSSR count). The Kier molecular flexibility index (Phi) is 9.79. The average molecular weight is 663 g/mol. The molecule has 1 amide bonds. The van der Waals surface area contributed by atoms with Gasteiger partial charge in [-0.25, -0.2) is 9.67 Å². The number of benzene rings is 3. The minimum atomic E-state index is -4.76. The predicted octanol–water partition coefficient (Wildman–Crippen LogP) is 7.02. The highest BCUT2D eigenvalue weighted by Gasteiger charge is 2.32. The number of halogens is 3. The maximum Gasteiger partial charge on any atom is 0.573 e. The van der Waals surface area contributed by atoms with Gasteiger partial charge in [0.15, 0.2) is 16.1 Å². The Morgan fingerprint density at radius 3 is 2.48 bits per heavy atom. The molecule has 0 saturated carbocycles. The van der Waals surface area contributed by atoms with E-state index in [1.807, 2.05) is 50.2 Å². The lowest BCUT2D eigenvalue weighted by atomic mass is 9.99. The maximum atomic E-state index is 12.9. The number of amidine groups is 1. The van der Waals surface area contributed by atoms with Gasteiger partial charge in [0, 0.05) is 11.1 Å². The maximum absolute atomic E-state index is 12.9. The van der Waals surface area contributed by atoms with Crippen molar-refractivity contribution in [3.63, 3.8) is 0 Å². The summed E-state index contributed by atoms with van der Waals surface area (Å²) in [5, 5.41) is 8.31. The number of rotatable bonds is 6. The van der Waals surface area contributed by atoms with Gasteiger partial charge in [-0.15, -0.1) is 18.3 Å². The Bertz CT molecular complexity index is 1840. The predicted molar refractivity (Wildman–Crippen MR) is 178 cm³/mol. The Labute approximate surface area is 274 Å². The van der Waals surface area contributed by atoms with Gasteiger partial charge in [0.1, 0.15) is 12.1 Å². The van der Waals surface area contributed by atoms with E-state index in [-0.39, 0.29) is 28.7 Å². The van der Waals surface area contributed by atoms with Crippen LogP contribution in [0.15, 0.2) is 78.0 Å². The van der Waals surface area contributed by atoms with Crippen molar-refractivity contribution in [2.24, 2.45) is 4.99 Å². The van der Waals surface area contributed by atoms with E-state index >= 15 is 0 Å². The lowest BCUT2D eigenvalue weighted by Gasteiger charge is -2.22. The summed E-state index contributed by atoms with van der Waals surface area (Å²) >= 11 is 6.86. The second kappa shape index (κ2) is 13.8. The van der Waals surface area contributed by atoms with Crippen LogP contribution in [0.2, 0.25) is 0 Å². The molecular formula is C33H29F3N6O2S2. The molecule has 46 heavy (non-hydrogen) atoms. The van der Waals surface area contributed by atoms with Crippen molar-refractivity contribution in [1.82, 2.24) is 20.1 Å². The second-order valence-corrected chi connectivity index (χ2v) is 12.0. The molecule has 0 aliphatic carbocycles. The Morgan fingerprint density at radius 1 is 1.09 bits per heavy atom. The van der Waals surface area contributed by atoms with Gasteiger partial charge in [0.05, 0.1) is 23.2 Å².